The maximum absolute atomic E-state index is 10.1. The van der Waals surface area contributed by atoms with Crippen LogP contribution in [0.25, 0.3) is 0 Å². The fourth-order valence-corrected chi connectivity index (χ4v) is 0.296. The largest absolute Gasteiger partial charge is 0.503 e. The summed E-state index contributed by atoms with van der Waals surface area (Å²) in [6, 6.07) is 0. The van der Waals surface area contributed by atoms with Crippen LogP contribution in [0.3, 0.4) is 0 Å². The monoisotopic (exact) mass is 127 g/mol. The van der Waals surface area contributed by atoms with E-state index in [4.69, 9.17) is 5.11 Å². The lowest BCUT2D eigenvalue weighted by atomic mass is 10.3. The third-order valence-corrected chi connectivity index (χ3v) is 0.730. The first kappa shape index (κ1) is 7.75. The molecule has 0 aromatic heterocycles. The van der Waals surface area contributed by atoms with Crippen LogP contribution >= 0.6 is 0 Å². The molecule has 3 heteroatoms. The molecular formula is C6H9NO2. The normalized spacial score (nSPS) is 10.9. The van der Waals surface area contributed by atoms with Gasteiger partial charge in [-0.15, -0.1) is 6.58 Å². The minimum absolute atomic E-state index is 0.408. The molecule has 0 aliphatic carbocycles. The number of hydrogen-bond donors (Lipinski definition) is 2. The molecule has 0 bridgehead atoms. The van der Waals surface area contributed by atoms with Gasteiger partial charge in [-0.25, -0.2) is 0 Å². The van der Waals surface area contributed by atoms with Crippen molar-refractivity contribution in [1.29, 1.82) is 0 Å². The topological polar surface area (TPSA) is 63.3 Å². The van der Waals surface area contributed by atoms with E-state index in [-0.39, 0.29) is 0 Å². The zero-order valence-electron chi connectivity index (χ0n) is 5.00. The highest BCUT2D eigenvalue weighted by Crippen LogP contribution is 1.89. The molecule has 0 saturated carbocycles. The lowest BCUT2D eigenvalue weighted by molar-refractivity contribution is -0.116. The van der Waals surface area contributed by atoms with Gasteiger partial charge in [0.1, 0.15) is 0 Å². The summed E-state index contributed by atoms with van der Waals surface area (Å²) in [5, 5.41) is 8.60. The second-order valence-electron chi connectivity index (χ2n) is 1.48. The summed E-state index contributed by atoms with van der Waals surface area (Å²) in [6.45, 7) is 3.38. The molecule has 0 aliphatic heterocycles. The van der Waals surface area contributed by atoms with E-state index < -0.39 is 11.7 Å². The number of rotatable bonds is 3. The first-order chi connectivity index (χ1) is 4.18. The lowest BCUT2D eigenvalue weighted by Gasteiger charge is -1.88. The first-order valence-corrected chi connectivity index (χ1v) is 2.48. The average Bonchev–Trinajstić information content (AvgIpc) is 1.82. The van der Waals surface area contributed by atoms with Crippen molar-refractivity contribution >= 4 is 5.91 Å². The Morgan fingerprint density at radius 3 is 2.67 bits per heavy atom. The average molecular weight is 127 g/mol. The maximum Gasteiger partial charge on any atom is 0.283 e. The molecule has 3 N–H and O–H groups in total. The predicted molar refractivity (Wildman–Crippen MR) is 34.7 cm³/mol. The fourth-order valence-electron chi connectivity index (χ4n) is 0.296. The lowest BCUT2D eigenvalue weighted by Crippen LogP contribution is -2.13. The highest BCUT2D eigenvalue weighted by Gasteiger charge is 1.96. The Labute approximate surface area is 53.5 Å². The van der Waals surface area contributed by atoms with Crippen molar-refractivity contribution in [2.75, 3.05) is 0 Å². The number of carbonyl (C=O) groups is 1. The Morgan fingerprint density at radius 1 is 1.78 bits per heavy atom. The van der Waals surface area contributed by atoms with Crippen LogP contribution in [0.5, 0.6) is 0 Å². The maximum atomic E-state index is 10.1. The summed E-state index contributed by atoms with van der Waals surface area (Å²) in [5.74, 6) is -1.22. The van der Waals surface area contributed by atoms with Crippen LogP contribution in [-0.4, -0.2) is 11.0 Å². The van der Waals surface area contributed by atoms with Crippen molar-refractivity contribution in [3.8, 4) is 0 Å². The molecule has 3 nitrogen and oxygen atoms in total. The molecule has 0 radical (unpaired) electrons. The predicted octanol–water partition coefficient (Wildman–Crippen LogP) is 0.490. The van der Waals surface area contributed by atoms with E-state index >= 15 is 0 Å². The Hall–Kier alpha value is -1.25. The van der Waals surface area contributed by atoms with Crippen molar-refractivity contribution < 1.29 is 9.90 Å². The molecule has 0 fully saturated rings. The van der Waals surface area contributed by atoms with Crippen LogP contribution in [-0.2, 0) is 4.79 Å². The molecule has 0 heterocycles. The first-order valence-electron chi connectivity index (χ1n) is 2.48. The van der Waals surface area contributed by atoms with Crippen LogP contribution in [0.4, 0.5) is 0 Å². The van der Waals surface area contributed by atoms with Crippen molar-refractivity contribution in [1.82, 2.24) is 0 Å². The van der Waals surface area contributed by atoms with Gasteiger partial charge in [0.2, 0.25) is 0 Å². The van der Waals surface area contributed by atoms with Gasteiger partial charge >= 0.3 is 0 Å². The molecule has 50 valence electrons. The van der Waals surface area contributed by atoms with Gasteiger partial charge in [0.25, 0.3) is 5.91 Å². The zero-order valence-corrected chi connectivity index (χ0v) is 5.00. The highest BCUT2D eigenvalue weighted by atomic mass is 16.3. The molecule has 0 atom stereocenters. The molecule has 0 saturated heterocycles. The third kappa shape index (κ3) is 3.34. The minimum atomic E-state index is -0.808. The van der Waals surface area contributed by atoms with Gasteiger partial charge in [0, 0.05) is 0 Å². The van der Waals surface area contributed by atoms with E-state index in [0.29, 0.717) is 6.42 Å². The van der Waals surface area contributed by atoms with E-state index in [1.807, 2.05) is 0 Å². The smallest absolute Gasteiger partial charge is 0.283 e. The SMILES string of the molecule is C=CCC=C(O)C(N)=O. The highest BCUT2D eigenvalue weighted by molar-refractivity contribution is 5.89. The van der Waals surface area contributed by atoms with Gasteiger partial charge in [-0.1, -0.05) is 6.08 Å². The van der Waals surface area contributed by atoms with Crippen molar-refractivity contribution in [2.45, 2.75) is 6.42 Å². The number of aliphatic hydroxyl groups is 1. The van der Waals surface area contributed by atoms with Gasteiger partial charge in [-0.3, -0.25) is 4.79 Å². The van der Waals surface area contributed by atoms with Crippen LogP contribution in [0.2, 0.25) is 0 Å². The molecular weight excluding hydrogens is 118 g/mol. The van der Waals surface area contributed by atoms with Gasteiger partial charge in [0.15, 0.2) is 5.76 Å². The summed E-state index contributed by atoms with van der Waals surface area (Å²) in [6.07, 6.45) is 3.31. The number of carbonyl (C=O) groups excluding carboxylic acids is 1. The number of primary amides is 1. The standard InChI is InChI=1S/C6H9NO2/c1-2-3-4-5(8)6(7)9/h2,4,8H,1,3H2,(H2,7,9). The molecule has 0 unspecified atom stereocenters. The molecule has 1 amide bonds. The second-order valence-corrected chi connectivity index (χ2v) is 1.48. The molecule has 9 heavy (non-hydrogen) atoms. The van der Waals surface area contributed by atoms with Gasteiger partial charge in [0.05, 0.1) is 0 Å². The van der Waals surface area contributed by atoms with Gasteiger partial charge in [-0.2, -0.15) is 0 Å². The van der Waals surface area contributed by atoms with Crippen LogP contribution in [0.15, 0.2) is 24.5 Å². The Bertz CT molecular complexity index is 149. The van der Waals surface area contributed by atoms with Crippen LogP contribution in [0, 0.1) is 0 Å². The van der Waals surface area contributed by atoms with E-state index in [0.717, 1.165) is 0 Å². The van der Waals surface area contributed by atoms with Crippen LogP contribution in [0.1, 0.15) is 6.42 Å². The molecule has 0 spiro atoms. The number of hydrogen-bond acceptors (Lipinski definition) is 2. The van der Waals surface area contributed by atoms with Crippen molar-refractivity contribution in [2.24, 2.45) is 5.73 Å². The zero-order chi connectivity index (χ0) is 7.28. The number of nitrogens with two attached hydrogens (primary N) is 1. The number of allylic oxidation sites excluding steroid dienone is 2. The van der Waals surface area contributed by atoms with Crippen molar-refractivity contribution in [3.63, 3.8) is 0 Å². The summed E-state index contributed by atoms with van der Waals surface area (Å²) >= 11 is 0. The molecule has 0 aromatic carbocycles. The molecule has 0 aromatic rings. The summed E-state index contributed by atoms with van der Waals surface area (Å²) < 4.78 is 0. The fraction of sp³-hybridized carbons (Fsp3) is 0.167. The quantitative estimate of drug-likeness (QED) is 0.329. The van der Waals surface area contributed by atoms with Gasteiger partial charge < -0.3 is 10.8 Å². The van der Waals surface area contributed by atoms with Gasteiger partial charge in [-0.05, 0) is 12.5 Å². The summed E-state index contributed by atoms with van der Waals surface area (Å²) in [7, 11) is 0. The Morgan fingerprint density at radius 2 is 2.33 bits per heavy atom. The molecule has 0 rings (SSSR count). The summed E-state index contributed by atoms with van der Waals surface area (Å²) in [4.78, 5) is 10.1. The Kier molecular flexibility index (Phi) is 3.20. The number of aliphatic hydroxyl groups excluding tert-OH is 1. The van der Waals surface area contributed by atoms with E-state index in [1.54, 1.807) is 6.08 Å². The third-order valence-electron chi connectivity index (χ3n) is 0.730. The van der Waals surface area contributed by atoms with Crippen molar-refractivity contribution in [3.05, 3.63) is 24.5 Å². The molecule has 0 aliphatic rings. The van der Waals surface area contributed by atoms with E-state index in [9.17, 15) is 4.79 Å². The summed E-state index contributed by atoms with van der Waals surface area (Å²) in [5.41, 5.74) is 4.69. The minimum Gasteiger partial charge on any atom is -0.503 e. The second kappa shape index (κ2) is 3.72. The number of amides is 1. The van der Waals surface area contributed by atoms with Crippen LogP contribution < -0.4 is 5.73 Å². The Balaban J connectivity index is 3.83. The van der Waals surface area contributed by atoms with E-state index in [2.05, 4.69) is 12.3 Å². The van der Waals surface area contributed by atoms with E-state index in [1.165, 1.54) is 6.08 Å².